The second-order valence-electron chi connectivity index (χ2n) is 6.43. The zero-order valence-corrected chi connectivity index (χ0v) is 13.7. The number of nitrogens with zero attached hydrogens (tertiary/aromatic N) is 3. The summed E-state index contributed by atoms with van der Waals surface area (Å²) in [7, 11) is 3.68. The summed E-state index contributed by atoms with van der Waals surface area (Å²) in [6.07, 6.45) is 2.98. The number of methoxy groups -OCH3 is 1. The van der Waals surface area contributed by atoms with Crippen LogP contribution in [0.5, 0.6) is 0 Å². The van der Waals surface area contributed by atoms with Gasteiger partial charge in [-0.1, -0.05) is 13.8 Å². The van der Waals surface area contributed by atoms with E-state index in [1.807, 2.05) is 24.9 Å². The molecule has 0 aliphatic rings. The van der Waals surface area contributed by atoms with Crippen LogP contribution in [0.2, 0.25) is 0 Å². The van der Waals surface area contributed by atoms with Gasteiger partial charge in [0.25, 0.3) is 0 Å². The minimum absolute atomic E-state index is 0.234. The molecule has 0 spiro atoms. The standard InChI is InChI=1S/C16H26N4O/c1-12-14-8-13(10-18-15(14)20(4)19-12)9-17-11-16(2,3)6-7-21-5/h8,10,17H,6-7,9,11H2,1-5H3. The molecule has 5 nitrogen and oxygen atoms in total. The number of hydrogen-bond acceptors (Lipinski definition) is 4. The molecule has 116 valence electrons. The van der Waals surface area contributed by atoms with Crippen molar-refractivity contribution in [1.29, 1.82) is 0 Å². The molecule has 2 aromatic heterocycles. The van der Waals surface area contributed by atoms with E-state index in [1.54, 1.807) is 7.11 Å². The van der Waals surface area contributed by atoms with Crippen molar-refractivity contribution >= 4 is 11.0 Å². The molecule has 0 aromatic carbocycles. The highest BCUT2D eigenvalue weighted by Gasteiger charge is 2.17. The zero-order chi connectivity index (χ0) is 15.5. The second kappa shape index (κ2) is 6.54. The number of aromatic nitrogens is 3. The molecule has 2 rings (SSSR count). The molecule has 0 aliphatic carbocycles. The number of fused-ring (bicyclic) bond motifs is 1. The Morgan fingerprint density at radius 3 is 2.86 bits per heavy atom. The molecule has 0 amide bonds. The number of pyridine rings is 1. The van der Waals surface area contributed by atoms with Gasteiger partial charge >= 0.3 is 0 Å². The molecule has 0 saturated heterocycles. The third kappa shape index (κ3) is 4.02. The molecule has 5 heteroatoms. The number of nitrogens with one attached hydrogen (secondary N) is 1. The van der Waals surface area contributed by atoms with Crippen LogP contribution in [0.3, 0.4) is 0 Å². The molecular formula is C16H26N4O. The molecule has 0 unspecified atom stereocenters. The van der Waals surface area contributed by atoms with Crippen LogP contribution in [0.1, 0.15) is 31.5 Å². The Hall–Kier alpha value is -1.46. The lowest BCUT2D eigenvalue weighted by molar-refractivity contribution is 0.150. The Kier molecular flexibility index (Phi) is 4.96. The molecule has 0 radical (unpaired) electrons. The Morgan fingerprint density at radius 2 is 2.14 bits per heavy atom. The van der Waals surface area contributed by atoms with E-state index in [0.717, 1.165) is 42.8 Å². The van der Waals surface area contributed by atoms with Crippen LogP contribution in [-0.4, -0.2) is 35.0 Å². The average molecular weight is 290 g/mol. The first kappa shape index (κ1) is 15.9. The first-order valence-electron chi connectivity index (χ1n) is 7.41. The van der Waals surface area contributed by atoms with E-state index < -0.39 is 0 Å². The minimum Gasteiger partial charge on any atom is -0.385 e. The number of rotatable bonds is 7. The quantitative estimate of drug-likeness (QED) is 0.851. The van der Waals surface area contributed by atoms with Crippen LogP contribution < -0.4 is 5.32 Å². The van der Waals surface area contributed by atoms with Gasteiger partial charge < -0.3 is 10.1 Å². The van der Waals surface area contributed by atoms with Gasteiger partial charge in [0.2, 0.25) is 0 Å². The van der Waals surface area contributed by atoms with E-state index in [-0.39, 0.29) is 5.41 Å². The van der Waals surface area contributed by atoms with Gasteiger partial charge in [0.05, 0.1) is 5.69 Å². The lowest BCUT2D eigenvalue weighted by Gasteiger charge is -2.24. The van der Waals surface area contributed by atoms with Crippen molar-refractivity contribution in [2.75, 3.05) is 20.3 Å². The molecule has 2 aromatic rings. The Labute approximate surface area is 126 Å². The first-order chi connectivity index (χ1) is 9.93. The Morgan fingerprint density at radius 1 is 1.38 bits per heavy atom. The summed E-state index contributed by atoms with van der Waals surface area (Å²) in [6, 6.07) is 2.18. The van der Waals surface area contributed by atoms with Gasteiger partial charge in [-0.15, -0.1) is 0 Å². The smallest absolute Gasteiger partial charge is 0.157 e. The van der Waals surface area contributed by atoms with Crippen LogP contribution in [-0.2, 0) is 18.3 Å². The van der Waals surface area contributed by atoms with Crippen LogP contribution >= 0.6 is 0 Å². The summed E-state index contributed by atoms with van der Waals surface area (Å²) in [4.78, 5) is 4.51. The van der Waals surface area contributed by atoms with Crippen LogP contribution in [0, 0.1) is 12.3 Å². The van der Waals surface area contributed by atoms with Gasteiger partial charge in [-0.25, -0.2) is 4.98 Å². The lowest BCUT2D eigenvalue weighted by atomic mass is 9.89. The zero-order valence-electron chi connectivity index (χ0n) is 13.7. The van der Waals surface area contributed by atoms with E-state index in [2.05, 4.69) is 35.3 Å². The third-order valence-electron chi connectivity index (χ3n) is 3.84. The summed E-state index contributed by atoms with van der Waals surface area (Å²) < 4.78 is 6.99. The molecule has 21 heavy (non-hydrogen) atoms. The number of ether oxygens (including phenoxy) is 1. The first-order valence-corrected chi connectivity index (χ1v) is 7.41. The van der Waals surface area contributed by atoms with Crippen molar-refractivity contribution in [3.63, 3.8) is 0 Å². The average Bonchev–Trinajstić information content (AvgIpc) is 2.71. The number of hydrogen-bond donors (Lipinski definition) is 1. The van der Waals surface area contributed by atoms with Gasteiger partial charge in [0.15, 0.2) is 5.65 Å². The highest BCUT2D eigenvalue weighted by Crippen LogP contribution is 2.20. The molecular weight excluding hydrogens is 264 g/mol. The summed E-state index contributed by atoms with van der Waals surface area (Å²) >= 11 is 0. The van der Waals surface area contributed by atoms with Gasteiger partial charge in [0.1, 0.15) is 0 Å². The summed E-state index contributed by atoms with van der Waals surface area (Å²) in [5.41, 5.74) is 3.40. The van der Waals surface area contributed by atoms with Crippen molar-refractivity contribution < 1.29 is 4.74 Å². The topological polar surface area (TPSA) is 52.0 Å². The van der Waals surface area contributed by atoms with E-state index >= 15 is 0 Å². The van der Waals surface area contributed by atoms with E-state index in [4.69, 9.17) is 4.74 Å². The molecule has 0 saturated carbocycles. The molecule has 0 atom stereocenters. The van der Waals surface area contributed by atoms with Crippen molar-refractivity contribution in [2.45, 2.75) is 33.7 Å². The van der Waals surface area contributed by atoms with Gasteiger partial charge in [-0.3, -0.25) is 4.68 Å². The largest absolute Gasteiger partial charge is 0.385 e. The molecule has 0 aliphatic heterocycles. The highest BCUT2D eigenvalue weighted by atomic mass is 16.5. The van der Waals surface area contributed by atoms with Crippen molar-refractivity contribution in [2.24, 2.45) is 12.5 Å². The normalized spacial score (nSPS) is 12.2. The van der Waals surface area contributed by atoms with Gasteiger partial charge in [-0.2, -0.15) is 5.10 Å². The fraction of sp³-hybridized carbons (Fsp3) is 0.625. The van der Waals surface area contributed by atoms with E-state index in [9.17, 15) is 0 Å². The van der Waals surface area contributed by atoms with E-state index in [0.29, 0.717) is 0 Å². The fourth-order valence-electron chi connectivity index (χ4n) is 2.46. The van der Waals surface area contributed by atoms with Gasteiger partial charge in [-0.05, 0) is 30.4 Å². The Balaban J connectivity index is 1.96. The van der Waals surface area contributed by atoms with Crippen molar-refractivity contribution in [3.05, 3.63) is 23.5 Å². The maximum atomic E-state index is 5.16. The lowest BCUT2D eigenvalue weighted by Crippen LogP contribution is -2.30. The van der Waals surface area contributed by atoms with Crippen LogP contribution in [0.15, 0.2) is 12.3 Å². The summed E-state index contributed by atoms with van der Waals surface area (Å²) in [6.45, 7) is 9.12. The van der Waals surface area contributed by atoms with Crippen LogP contribution in [0.4, 0.5) is 0 Å². The minimum atomic E-state index is 0.234. The van der Waals surface area contributed by atoms with E-state index in [1.165, 1.54) is 5.56 Å². The predicted octanol–water partition coefficient (Wildman–Crippen LogP) is 2.43. The van der Waals surface area contributed by atoms with Crippen LogP contribution in [0.25, 0.3) is 11.0 Å². The maximum absolute atomic E-state index is 5.16. The second-order valence-corrected chi connectivity index (χ2v) is 6.43. The maximum Gasteiger partial charge on any atom is 0.157 e. The third-order valence-corrected chi connectivity index (χ3v) is 3.84. The monoisotopic (exact) mass is 290 g/mol. The fourth-order valence-corrected chi connectivity index (χ4v) is 2.46. The SMILES string of the molecule is COCCC(C)(C)CNCc1cnc2c(c1)c(C)nn2C. The summed E-state index contributed by atoms with van der Waals surface area (Å²) in [5.74, 6) is 0. The van der Waals surface area contributed by atoms with Crippen molar-refractivity contribution in [3.8, 4) is 0 Å². The van der Waals surface area contributed by atoms with Gasteiger partial charge in [0, 0.05) is 45.4 Å². The van der Waals surface area contributed by atoms with Crippen molar-refractivity contribution in [1.82, 2.24) is 20.1 Å². The summed E-state index contributed by atoms with van der Waals surface area (Å²) in [5, 5.41) is 9.06. The number of aryl methyl sites for hydroxylation is 2. The predicted molar refractivity (Wildman–Crippen MR) is 85.2 cm³/mol. The molecule has 0 fully saturated rings. The molecule has 1 N–H and O–H groups in total. The molecule has 2 heterocycles. The molecule has 0 bridgehead atoms. The highest BCUT2D eigenvalue weighted by molar-refractivity contribution is 5.78. The Bertz CT molecular complexity index is 604.